The van der Waals surface area contributed by atoms with Gasteiger partial charge in [0.1, 0.15) is 11.4 Å². The topological polar surface area (TPSA) is 54.9 Å². The Bertz CT molecular complexity index is 481. The van der Waals surface area contributed by atoms with Gasteiger partial charge in [-0.3, -0.25) is 4.99 Å². The molecule has 1 rings (SSSR count). The van der Waals surface area contributed by atoms with Crippen molar-refractivity contribution in [3.05, 3.63) is 29.8 Å². The summed E-state index contributed by atoms with van der Waals surface area (Å²) in [6, 6.07) is 8.08. The van der Waals surface area contributed by atoms with E-state index >= 15 is 0 Å². The van der Waals surface area contributed by atoms with Crippen LogP contribution < -0.4 is 15.4 Å². The minimum atomic E-state index is -0.213. The summed E-state index contributed by atoms with van der Waals surface area (Å²) in [6.45, 7) is 11.2. The van der Waals surface area contributed by atoms with Crippen molar-refractivity contribution in [3.8, 4) is 5.75 Å². The average molecular weight is 321 g/mol. The quantitative estimate of drug-likeness (QED) is 0.439. The second-order valence-corrected chi connectivity index (χ2v) is 6.23. The Morgan fingerprint density at radius 3 is 2.57 bits per heavy atom. The van der Waals surface area contributed by atoms with Crippen molar-refractivity contribution in [2.24, 2.45) is 4.99 Å². The molecule has 0 unspecified atom stereocenters. The van der Waals surface area contributed by atoms with E-state index in [-0.39, 0.29) is 5.60 Å². The molecule has 1 aromatic rings. The second-order valence-electron chi connectivity index (χ2n) is 6.23. The molecule has 0 aliphatic heterocycles. The molecular weight excluding hydrogens is 290 g/mol. The summed E-state index contributed by atoms with van der Waals surface area (Å²) in [6.07, 6.45) is 0.957. The smallest absolute Gasteiger partial charge is 0.191 e. The van der Waals surface area contributed by atoms with Gasteiger partial charge in [0, 0.05) is 38.9 Å². The lowest BCUT2D eigenvalue weighted by atomic mass is 10.1. The maximum absolute atomic E-state index is 6.01. The van der Waals surface area contributed by atoms with Crippen molar-refractivity contribution in [1.82, 2.24) is 10.6 Å². The molecule has 0 amide bonds. The van der Waals surface area contributed by atoms with E-state index in [1.165, 1.54) is 0 Å². The molecule has 1 aromatic carbocycles. The van der Waals surface area contributed by atoms with Gasteiger partial charge in [-0.2, -0.15) is 0 Å². The Morgan fingerprint density at radius 2 is 1.91 bits per heavy atom. The molecule has 23 heavy (non-hydrogen) atoms. The van der Waals surface area contributed by atoms with Crippen LogP contribution in [0.2, 0.25) is 0 Å². The zero-order valence-electron chi connectivity index (χ0n) is 15.1. The van der Waals surface area contributed by atoms with E-state index in [9.17, 15) is 0 Å². The lowest BCUT2D eigenvalue weighted by Gasteiger charge is -2.23. The minimum Gasteiger partial charge on any atom is -0.488 e. The van der Waals surface area contributed by atoms with Gasteiger partial charge in [-0.05, 0) is 40.2 Å². The normalized spacial score (nSPS) is 12.1. The molecule has 0 bridgehead atoms. The van der Waals surface area contributed by atoms with Crippen LogP contribution in [0.4, 0.5) is 0 Å². The largest absolute Gasteiger partial charge is 0.488 e. The molecule has 5 heteroatoms. The van der Waals surface area contributed by atoms with Gasteiger partial charge in [-0.1, -0.05) is 18.2 Å². The van der Waals surface area contributed by atoms with Crippen LogP contribution in [0.15, 0.2) is 29.3 Å². The predicted octanol–water partition coefficient (Wildman–Crippen LogP) is 2.96. The van der Waals surface area contributed by atoms with Gasteiger partial charge >= 0.3 is 0 Å². The van der Waals surface area contributed by atoms with Crippen molar-refractivity contribution in [2.45, 2.75) is 46.3 Å². The van der Waals surface area contributed by atoms with Gasteiger partial charge in [0.15, 0.2) is 5.96 Å². The van der Waals surface area contributed by atoms with Gasteiger partial charge in [-0.15, -0.1) is 0 Å². The first kappa shape index (κ1) is 19.3. The maximum Gasteiger partial charge on any atom is 0.191 e. The first-order chi connectivity index (χ1) is 11.0. The van der Waals surface area contributed by atoms with E-state index in [1.807, 2.05) is 25.1 Å². The Hall–Kier alpha value is -1.75. The first-order valence-electron chi connectivity index (χ1n) is 8.25. The van der Waals surface area contributed by atoms with E-state index in [2.05, 4.69) is 42.5 Å². The number of hydrogen-bond acceptors (Lipinski definition) is 3. The summed E-state index contributed by atoms with van der Waals surface area (Å²) >= 11 is 0. The minimum absolute atomic E-state index is 0.213. The summed E-state index contributed by atoms with van der Waals surface area (Å²) in [5.41, 5.74) is 0.898. The van der Waals surface area contributed by atoms with Crippen molar-refractivity contribution < 1.29 is 9.47 Å². The molecule has 2 N–H and O–H groups in total. The summed E-state index contributed by atoms with van der Waals surface area (Å²) in [4.78, 5) is 4.24. The number of aliphatic imine (C=N–C) groups is 1. The highest BCUT2D eigenvalue weighted by Crippen LogP contribution is 2.22. The van der Waals surface area contributed by atoms with Gasteiger partial charge in [0.2, 0.25) is 0 Å². The lowest BCUT2D eigenvalue weighted by Crippen LogP contribution is -2.37. The molecule has 0 aliphatic carbocycles. The number of ether oxygens (including phenoxy) is 2. The number of nitrogens with zero attached hydrogens (tertiary/aromatic N) is 1. The molecule has 0 radical (unpaired) electrons. The van der Waals surface area contributed by atoms with Crippen molar-refractivity contribution in [1.29, 1.82) is 0 Å². The van der Waals surface area contributed by atoms with Crippen molar-refractivity contribution >= 4 is 5.96 Å². The summed E-state index contributed by atoms with van der Waals surface area (Å²) in [7, 11) is 1.77. The molecule has 0 aromatic heterocycles. The number of rotatable bonds is 8. The molecule has 0 saturated heterocycles. The Kier molecular flexibility index (Phi) is 8.48. The van der Waals surface area contributed by atoms with E-state index < -0.39 is 0 Å². The summed E-state index contributed by atoms with van der Waals surface area (Å²) < 4.78 is 11.3. The number of benzene rings is 1. The third-order valence-corrected chi connectivity index (χ3v) is 3.02. The third kappa shape index (κ3) is 8.45. The monoisotopic (exact) mass is 321 g/mol. The molecule has 0 fully saturated rings. The fraction of sp³-hybridized carbons (Fsp3) is 0.611. The SMILES string of the molecule is CCOCCCNC(=NC)NCc1ccccc1OC(C)(C)C. The van der Waals surface area contributed by atoms with Gasteiger partial charge < -0.3 is 20.1 Å². The Labute approximate surface area is 140 Å². The van der Waals surface area contributed by atoms with Gasteiger partial charge in [0.25, 0.3) is 0 Å². The van der Waals surface area contributed by atoms with Crippen LogP contribution in [0.3, 0.4) is 0 Å². The Balaban J connectivity index is 2.49. The van der Waals surface area contributed by atoms with E-state index in [1.54, 1.807) is 7.05 Å². The number of hydrogen-bond donors (Lipinski definition) is 2. The number of para-hydroxylation sites is 1. The molecule has 130 valence electrons. The van der Waals surface area contributed by atoms with E-state index in [4.69, 9.17) is 9.47 Å². The molecule has 0 aliphatic rings. The molecule has 5 nitrogen and oxygen atoms in total. The molecular formula is C18H31N3O2. The summed E-state index contributed by atoms with van der Waals surface area (Å²) in [5, 5.41) is 6.61. The van der Waals surface area contributed by atoms with Gasteiger partial charge in [0.05, 0.1) is 0 Å². The first-order valence-corrected chi connectivity index (χ1v) is 8.25. The maximum atomic E-state index is 6.01. The van der Waals surface area contributed by atoms with Gasteiger partial charge in [-0.25, -0.2) is 0 Å². The highest BCUT2D eigenvalue weighted by atomic mass is 16.5. The number of nitrogens with one attached hydrogen (secondary N) is 2. The standard InChI is InChI=1S/C18H31N3O2/c1-6-22-13-9-12-20-17(19-5)21-14-15-10-7-8-11-16(15)23-18(2,3)4/h7-8,10-11H,6,9,12-14H2,1-5H3,(H2,19,20,21). The second kappa shape index (κ2) is 10.1. The van der Waals surface area contributed by atoms with Crippen molar-refractivity contribution in [3.63, 3.8) is 0 Å². The highest BCUT2D eigenvalue weighted by molar-refractivity contribution is 5.79. The van der Waals surface area contributed by atoms with E-state index in [0.29, 0.717) is 6.54 Å². The van der Waals surface area contributed by atoms with Crippen LogP contribution in [0, 0.1) is 0 Å². The zero-order valence-corrected chi connectivity index (χ0v) is 15.1. The summed E-state index contributed by atoms with van der Waals surface area (Å²) in [5.74, 6) is 1.69. The van der Waals surface area contributed by atoms with E-state index in [0.717, 1.165) is 43.5 Å². The van der Waals surface area contributed by atoms with Crippen LogP contribution >= 0.6 is 0 Å². The molecule has 0 atom stereocenters. The van der Waals surface area contributed by atoms with Crippen molar-refractivity contribution in [2.75, 3.05) is 26.8 Å². The fourth-order valence-corrected chi connectivity index (χ4v) is 2.00. The lowest BCUT2D eigenvalue weighted by molar-refractivity contribution is 0.129. The van der Waals surface area contributed by atoms with Crippen LogP contribution in [-0.2, 0) is 11.3 Å². The molecule has 0 saturated carbocycles. The highest BCUT2D eigenvalue weighted by Gasteiger charge is 2.14. The molecule has 0 spiro atoms. The number of guanidine groups is 1. The van der Waals surface area contributed by atoms with Crippen LogP contribution in [0.25, 0.3) is 0 Å². The van der Waals surface area contributed by atoms with Crippen LogP contribution in [0.1, 0.15) is 39.7 Å². The van der Waals surface area contributed by atoms with Crippen LogP contribution in [-0.4, -0.2) is 38.4 Å². The average Bonchev–Trinajstić information content (AvgIpc) is 2.50. The van der Waals surface area contributed by atoms with Crippen LogP contribution in [0.5, 0.6) is 5.75 Å². The predicted molar refractivity (Wildman–Crippen MR) is 96.1 cm³/mol. The third-order valence-electron chi connectivity index (χ3n) is 3.02. The fourth-order valence-electron chi connectivity index (χ4n) is 2.00. The zero-order chi connectivity index (χ0) is 17.1. The Morgan fingerprint density at radius 1 is 1.17 bits per heavy atom. The molecule has 0 heterocycles.